The molecule has 3 heterocycles. The largest absolute Gasteiger partial charge is 0.381 e. The highest BCUT2D eigenvalue weighted by molar-refractivity contribution is 5.63. The van der Waals surface area contributed by atoms with Crippen LogP contribution < -0.4 is 10.6 Å². The van der Waals surface area contributed by atoms with Gasteiger partial charge in [-0.25, -0.2) is 9.37 Å². The minimum atomic E-state index is -0.267. The van der Waals surface area contributed by atoms with Gasteiger partial charge in [0.1, 0.15) is 11.6 Å². The van der Waals surface area contributed by atoms with E-state index in [1.807, 2.05) is 18.0 Å². The Hall–Kier alpha value is -3.00. The molecular formula is C19H21FN6O. The number of hydrogen-bond donors (Lipinski definition) is 2. The van der Waals surface area contributed by atoms with Gasteiger partial charge in [-0.2, -0.15) is 10.1 Å². The molecule has 27 heavy (non-hydrogen) atoms. The van der Waals surface area contributed by atoms with Crippen molar-refractivity contribution in [2.45, 2.75) is 18.9 Å². The van der Waals surface area contributed by atoms with Crippen LogP contribution in [0.4, 0.5) is 16.2 Å². The fourth-order valence-electron chi connectivity index (χ4n) is 3.28. The van der Waals surface area contributed by atoms with Gasteiger partial charge in [0.15, 0.2) is 0 Å². The van der Waals surface area contributed by atoms with Gasteiger partial charge < -0.3 is 15.4 Å². The fraction of sp³-hybridized carbons (Fsp3) is 0.316. The Bertz CT molecular complexity index is 920. The number of hydrogen-bond acceptors (Lipinski definition) is 6. The lowest BCUT2D eigenvalue weighted by Crippen LogP contribution is -2.19. The summed E-state index contributed by atoms with van der Waals surface area (Å²) < 4.78 is 18.7. The van der Waals surface area contributed by atoms with E-state index in [1.54, 1.807) is 18.3 Å². The van der Waals surface area contributed by atoms with Crippen LogP contribution in [0.1, 0.15) is 23.6 Å². The SMILES string of the molecule is CN(Cc1cn[nH]c1-c1ccc(F)cc1)c1cc(C2CCOC2)nc(N)n1. The molecule has 1 atom stereocenters. The molecule has 2 aromatic heterocycles. The predicted molar refractivity (Wildman–Crippen MR) is 101 cm³/mol. The summed E-state index contributed by atoms with van der Waals surface area (Å²) in [6, 6.07) is 8.29. The molecule has 1 aliphatic heterocycles. The van der Waals surface area contributed by atoms with Gasteiger partial charge in [0.2, 0.25) is 5.95 Å². The molecule has 1 fully saturated rings. The summed E-state index contributed by atoms with van der Waals surface area (Å²) in [6.45, 7) is 1.98. The van der Waals surface area contributed by atoms with E-state index in [9.17, 15) is 4.39 Å². The zero-order valence-corrected chi connectivity index (χ0v) is 15.0. The van der Waals surface area contributed by atoms with Crippen molar-refractivity contribution >= 4 is 11.8 Å². The summed E-state index contributed by atoms with van der Waals surface area (Å²) in [6.07, 6.45) is 2.71. The van der Waals surface area contributed by atoms with Gasteiger partial charge in [0, 0.05) is 43.3 Å². The third-order valence-corrected chi connectivity index (χ3v) is 4.75. The van der Waals surface area contributed by atoms with E-state index < -0.39 is 0 Å². The van der Waals surface area contributed by atoms with Gasteiger partial charge in [-0.3, -0.25) is 5.10 Å². The molecule has 3 aromatic rings. The summed E-state index contributed by atoms with van der Waals surface area (Å²) in [5.41, 5.74) is 9.55. The third kappa shape index (κ3) is 3.75. The normalized spacial score (nSPS) is 16.6. The van der Waals surface area contributed by atoms with E-state index >= 15 is 0 Å². The first-order valence-electron chi connectivity index (χ1n) is 8.81. The van der Waals surface area contributed by atoms with Crippen molar-refractivity contribution in [1.82, 2.24) is 20.2 Å². The Balaban J connectivity index is 1.57. The van der Waals surface area contributed by atoms with Gasteiger partial charge in [-0.1, -0.05) is 0 Å². The highest BCUT2D eigenvalue weighted by Gasteiger charge is 2.21. The number of anilines is 2. The van der Waals surface area contributed by atoms with Crippen molar-refractivity contribution in [1.29, 1.82) is 0 Å². The number of aromatic nitrogens is 4. The lowest BCUT2D eigenvalue weighted by atomic mass is 10.0. The molecule has 0 aliphatic carbocycles. The van der Waals surface area contributed by atoms with E-state index in [0.717, 1.165) is 41.4 Å². The molecule has 140 valence electrons. The molecule has 0 radical (unpaired) electrons. The first-order chi connectivity index (χ1) is 13.1. The van der Waals surface area contributed by atoms with Crippen molar-refractivity contribution in [2.24, 2.45) is 0 Å². The number of nitrogens with two attached hydrogens (primary N) is 1. The number of H-pyrrole nitrogens is 1. The van der Waals surface area contributed by atoms with Crippen LogP contribution in [0.5, 0.6) is 0 Å². The molecule has 0 spiro atoms. The molecule has 0 amide bonds. The van der Waals surface area contributed by atoms with Crippen LogP contribution in [0, 0.1) is 5.82 Å². The van der Waals surface area contributed by atoms with E-state index in [-0.39, 0.29) is 17.7 Å². The van der Waals surface area contributed by atoms with E-state index in [2.05, 4.69) is 20.2 Å². The minimum absolute atomic E-state index is 0.256. The summed E-state index contributed by atoms with van der Waals surface area (Å²) in [5, 5.41) is 7.14. The summed E-state index contributed by atoms with van der Waals surface area (Å²) >= 11 is 0. The molecule has 1 unspecified atom stereocenters. The highest BCUT2D eigenvalue weighted by Crippen LogP contribution is 2.28. The number of nitrogens with one attached hydrogen (secondary N) is 1. The monoisotopic (exact) mass is 368 g/mol. The molecule has 1 aromatic carbocycles. The van der Waals surface area contributed by atoms with Crippen LogP contribution in [0.3, 0.4) is 0 Å². The van der Waals surface area contributed by atoms with Gasteiger partial charge >= 0.3 is 0 Å². The maximum absolute atomic E-state index is 13.2. The van der Waals surface area contributed by atoms with Gasteiger partial charge in [0.05, 0.1) is 24.2 Å². The Morgan fingerprint density at radius 2 is 2.11 bits per heavy atom. The van der Waals surface area contributed by atoms with Crippen molar-refractivity contribution in [2.75, 3.05) is 30.9 Å². The molecule has 1 aliphatic rings. The summed E-state index contributed by atoms with van der Waals surface area (Å²) in [5.74, 6) is 0.992. The average molecular weight is 368 g/mol. The molecule has 3 N–H and O–H groups in total. The second-order valence-electron chi connectivity index (χ2n) is 6.70. The minimum Gasteiger partial charge on any atom is -0.381 e. The van der Waals surface area contributed by atoms with Crippen LogP contribution in [0.25, 0.3) is 11.3 Å². The first kappa shape index (κ1) is 17.4. The number of benzene rings is 1. The number of halogens is 1. The highest BCUT2D eigenvalue weighted by atomic mass is 19.1. The zero-order chi connectivity index (χ0) is 18.8. The Labute approximate surface area is 156 Å². The molecule has 0 saturated carbocycles. The van der Waals surface area contributed by atoms with Crippen molar-refractivity contribution < 1.29 is 9.13 Å². The lowest BCUT2D eigenvalue weighted by molar-refractivity contribution is 0.193. The molecule has 7 nitrogen and oxygen atoms in total. The van der Waals surface area contributed by atoms with E-state index in [4.69, 9.17) is 10.5 Å². The van der Waals surface area contributed by atoms with Crippen LogP contribution in [0.15, 0.2) is 36.5 Å². The Morgan fingerprint density at radius 3 is 2.85 bits per heavy atom. The van der Waals surface area contributed by atoms with Crippen LogP contribution in [-0.4, -0.2) is 40.4 Å². The zero-order valence-electron chi connectivity index (χ0n) is 15.0. The van der Waals surface area contributed by atoms with Crippen LogP contribution in [-0.2, 0) is 11.3 Å². The molecular weight excluding hydrogens is 347 g/mol. The van der Waals surface area contributed by atoms with Crippen molar-refractivity contribution in [3.63, 3.8) is 0 Å². The summed E-state index contributed by atoms with van der Waals surface area (Å²) in [7, 11) is 1.94. The van der Waals surface area contributed by atoms with Crippen LogP contribution in [0.2, 0.25) is 0 Å². The Morgan fingerprint density at radius 1 is 1.30 bits per heavy atom. The molecule has 0 bridgehead atoms. The number of nitrogen functional groups attached to an aromatic ring is 1. The second kappa shape index (κ2) is 7.32. The topological polar surface area (TPSA) is 93.0 Å². The van der Waals surface area contributed by atoms with E-state index in [1.165, 1.54) is 12.1 Å². The van der Waals surface area contributed by atoms with Gasteiger partial charge in [-0.15, -0.1) is 0 Å². The number of rotatable bonds is 5. The van der Waals surface area contributed by atoms with Crippen LogP contribution >= 0.6 is 0 Å². The van der Waals surface area contributed by atoms with E-state index in [0.29, 0.717) is 13.2 Å². The first-order valence-corrected chi connectivity index (χ1v) is 8.81. The molecule has 8 heteroatoms. The van der Waals surface area contributed by atoms with Crippen molar-refractivity contribution in [3.8, 4) is 11.3 Å². The standard InChI is InChI=1S/C19H21FN6O/c1-26(17-8-16(23-19(21)24-17)13-6-7-27-11-13)10-14-9-22-25-18(14)12-2-4-15(20)5-3-12/h2-5,8-9,13H,6-7,10-11H2,1H3,(H,22,25)(H2,21,23,24). The lowest BCUT2D eigenvalue weighted by Gasteiger charge is -2.20. The number of nitrogens with zero attached hydrogens (tertiary/aromatic N) is 4. The quantitative estimate of drug-likeness (QED) is 0.719. The number of aromatic amines is 1. The second-order valence-corrected chi connectivity index (χ2v) is 6.70. The predicted octanol–water partition coefficient (Wildman–Crippen LogP) is 2.73. The molecule has 4 rings (SSSR count). The third-order valence-electron chi connectivity index (χ3n) is 4.75. The van der Waals surface area contributed by atoms with Gasteiger partial charge in [-0.05, 0) is 30.7 Å². The smallest absolute Gasteiger partial charge is 0.222 e. The van der Waals surface area contributed by atoms with Crippen molar-refractivity contribution in [3.05, 3.63) is 53.6 Å². The maximum atomic E-state index is 13.2. The fourth-order valence-corrected chi connectivity index (χ4v) is 3.28. The average Bonchev–Trinajstić information content (AvgIpc) is 3.34. The van der Waals surface area contributed by atoms with Gasteiger partial charge in [0.25, 0.3) is 0 Å². The molecule has 1 saturated heterocycles. The maximum Gasteiger partial charge on any atom is 0.222 e. The number of ether oxygens (including phenoxy) is 1. The Kier molecular flexibility index (Phi) is 4.72. The summed E-state index contributed by atoms with van der Waals surface area (Å²) in [4.78, 5) is 10.7.